The molecule has 1 N–H and O–H groups in total. The van der Waals surface area contributed by atoms with Gasteiger partial charge in [0.25, 0.3) is 5.91 Å². The Bertz CT molecular complexity index is 1750. The van der Waals surface area contributed by atoms with Crippen LogP contribution in [0.25, 0.3) is 33.4 Å². The number of ether oxygens (including phenoxy) is 1. The van der Waals surface area contributed by atoms with Crippen LogP contribution in [0.2, 0.25) is 5.02 Å². The first-order valence-corrected chi connectivity index (χ1v) is 13.8. The average Bonchev–Trinajstić information content (AvgIpc) is 3.44. The van der Waals surface area contributed by atoms with E-state index in [-0.39, 0.29) is 22.5 Å². The molecule has 0 aliphatic heterocycles. The number of halogens is 4. The van der Waals surface area contributed by atoms with Crippen molar-refractivity contribution in [3.8, 4) is 28.3 Å². The van der Waals surface area contributed by atoms with Gasteiger partial charge in [-0.2, -0.15) is 18.3 Å². The van der Waals surface area contributed by atoms with Gasteiger partial charge in [0.2, 0.25) is 0 Å². The molecular formula is C32H28ClF3N4O2. The van der Waals surface area contributed by atoms with E-state index in [2.05, 4.69) is 10.3 Å². The first-order valence-electron chi connectivity index (χ1n) is 13.4. The number of aromatic nitrogens is 3. The predicted molar refractivity (Wildman–Crippen MR) is 158 cm³/mol. The maximum atomic E-state index is 13.6. The number of carbonyl (C=O) groups is 1. The number of benzene rings is 3. The van der Waals surface area contributed by atoms with Gasteiger partial charge in [0.05, 0.1) is 40.6 Å². The van der Waals surface area contributed by atoms with Gasteiger partial charge in [-0.15, -0.1) is 0 Å². The molecule has 2 aromatic heterocycles. The monoisotopic (exact) mass is 592 g/mol. The lowest BCUT2D eigenvalue weighted by Gasteiger charge is -2.17. The predicted octanol–water partition coefficient (Wildman–Crippen LogP) is 8.20. The summed E-state index contributed by atoms with van der Waals surface area (Å²) in [4.78, 5) is 17.0. The first kappa shape index (κ1) is 29.1. The Hall–Kier alpha value is -4.37. The molecule has 6 nitrogen and oxygen atoms in total. The van der Waals surface area contributed by atoms with Crippen molar-refractivity contribution in [2.24, 2.45) is 0 Å². The van der Waals surface area contributed by atoms with E-state index in [0.29, 0.717) is 29.2 Å². The topological polar surface area (TPSA) is 69.0 Å². The summed E-state index contributed by atoms with van der Waals surface area (Å²) in [5.74, 6) is 0.519. The Morgan fingerprint density at radius 2 is 1.81 bits per heavy atom. The average molecular weight is 593 g/mol. The van der Waals surface area contributed by atoms with Gasteiger partial charge in [0.15, 0.2) is 0 Å². The van der Waals surface area contributed by atoms with Gasteiger partial charge in [0, 0.05) is 40.9 Å². The van der Waals surface area contributed by atoms with Crippen LogP contribution in [0.1, 0.15) is 47.8 Å². The number of nitrogens with one attached hydrogen (secondary N) is 1. The highest BCUT2D eigenvalue weighted by atomic mass is 35.5. The molecule has 0 aliphatic rings. The number of nitrogens with zero attached hydrogens (tertiary/aromatic N) is 3. The molecular weight excluding hydrogens is 565 g/mol. The minimum absolute atomic E-state index is 0.151. The van der Waals surface area contributed by atoms with Gasteiger partial charge in [-0.3, -0.25) is 14.5 Å². The third-order valence-electron chi connectivity index (χ3n) is 7.05. The second-order valence-corrected chi connectivity index (χ2v) is 10.3. The lowest BCUT2D eigenvalue weighted by molar-refractivity contribution is -0.137. The van der Waals surface area contributed by atoms with Gasteiger partial charge in [0.1, 0.15) is 5.75 Å². The molecule has 5 aromatic rings. The zero-order valence-corrected chi connectivity index (χ0v) is 23.9. The molecule has 1 unspecified atom stereocenters. The van der Waals surface area contributed by atoms with E-state index >= 15 is 0 Å². The van der Waals surface area contributed by atoms with Gasteiger partial charge in [-0.25, -0.2) is 0 Å². The van der Waals surface area contributed by atoms with Crippen molar-refractivity contribution in [2.75, 3.05) is 13.7 Å². The molecule has 0 bridgehead atoms. The number of hydrogen-bond donors (Lipinski definition) is 1. The van der Waals surface area contributed by atoms with Crippen LogP contribution >= 0.6 is 11.6 Å². The van der Waals surface area contributed by atoms with Crippen LogP contribution in [0.15, 0.2) is 79.0 Å². The van der Waals surface area contributed by atoms with Gasteiger partial charge >= 0.3 is 6.18 Å². The number of alkyl halides is 3. The third kappa shape index (κ3) is 5.97. The molecule has 2 heterocycles. The standard InChI is InChI=1S/C32H28ClF3N4O2/c1-4-13-37-31(41)21-7-5-20(6-8-21)19(2)40-30(23-14-22-9-11-25(42-3)16-28(22)38-18-23)17-29(39-40)26-15-24(32(34,35)36)10-12-27(26)33/h5-12,14-19H,4,13H2,1-3H3,(H,37,41). The summed E-state index contributed by atoms with van der Waals surface area (Å²) in [6.45, 7) is 4.50. The number of carbonyl (C=O) groups excluding carboxylic acids is 1. The molecule has 5 rings (SSSR count). The largest absolute Gasteiger partial charge is 0.497 e. The van der Waals surface area contributed by atoms with Crippen LogP contribution in [-0.2, 0) is 6.18 Å². The lowest BCUT2D eigenvalue weighted by atomic mass is 10.0. The Morgan fingerprint density at radius 3 is 2.50 bits per heavy atom. The lowest BCUT2D eigenvalue weighted by Crippen LogP contribution is -2.23. The first-order chi connectivity index (χ1) is 20.1. The third-order valence-corrected chi connectivity index (χ3v) is 7.38. The van der Waals surface area contributed by atoms with Gasteiger partial charge < -0.3 is 10.1 Å². The van der Waals surface area contributed by atoms with Crippen LogP contribution in [-0.4, -0.2) is 34.3 Å². The molecule has 1 amide bonds. The van der Waals surface area contributed by atoms with E-state index < -0.39 is 11.7 Å². The minimum atomic E-state index is -4.54. The highest BCUT2D eigenvalue weighted by Crippen LogP contribution is 2.38. The normalized spacial score (nSPS) is 12.4. The van der Waals surface area contributed by atoms with Crippen LogP contribution in [0.4, 0.5) is 13.2 Å². The van der Waals surface area contributed by atoms with Gasteiger partial charge in [-0.05, 0) is 73.5 Å². The Kier molecular flexibility index (Phi) is 8.22. The fourth-order valence-corrected chi connectivity index (χ4v) is 4.91. The molecule has 0 radical (unpaired) electrons. The van der Waals surface area contributed by atoms with Crippen LogP contribution in [0, 0.1) is 0 Å². The van der Waals surface area contributed by atoms with E-state index in [9.17, 15) is 18.0 Å². The Balaban J connectivity index is 1.61. The molecule has 0 aliphatic carbocycles. The van der Waals surface area contributed by atoms with Crippen molar-refractivity contribution in [3.63, 3.8) is 0 Å². The van der Waals surface area contributed by atoms with Crippen molar-refractivity contribution in [1.82, 2.24) is 20.1 Å². The zero-order valence-electron chi connectivity index (χ0n) is 23.2. The molecule has 0 spiro atoms. The molecule has 1 atom stereocenters. The zero-order chi connectivity index (χ0) is 30.0. The minimum Gasteiger partial charge on any atom is -0.497 e. The number of rotatable bonds is 8. The highest BCUT2D eigenvalue weighted by molar-refractivity contribution is 6.33. The summed E-state index contributed by atoms with van der Waals surface area (Å²) in [5, 5.41) is 8.63. The van der Waals surface area contributed by atoms with Crippen molar-refractivity contribution in [3.05, 3.63) is 101 Å². The molecule has 0 fully saturated rings. The summed E-state index contributed by atoms with van der Waals surface area (Å²) >= 11 is 6.40. The van der Waals surface area contributed by atoms with E-state index in [4.69, 9.17) is 21.4 Å². The maximum Gasteiger partial charge on any atom is 0.416 e. The number of methoxy groups -OCH3 is 1. The van der Waals surface area contributed by atoms with E-state index in [1.54, 1.807) is 36.2 Å². The number of pyridine rings is 1. The molecule has 0 saturated carbocycles. The van der Waals surface area contributed by atoms with E-state index in [0.717, 1.165) is 40.6 Å². The summed E-state index contributed by atoms with van der Waals surface area (Å²) in [5.41, 5.74) is 3.12. The van der Waals surface area contributed by atoms with E-state index in [1.807, 2.05) is 50.2 Å². The highest BCUT2D eigenvalue weighted by Gasteiger charge is 2.31. The van der Waals surface area contributed by atoms with Crippen LogP contribution in [0.5, 0.6) is 5.75 Å². The second-order valence-electron chi connectivity index (χ2n) is 9.89. The molecule has 42 heavy (non-hydrogen) atoms. The Morgan fingerprint density at radius 1 is 1.05 bits per heavy atom. The number of hydrogen-bond acceptors (Lipinski definition) is 4. The fraction of sp³-hybridized carbons (Fsp3) is 0.219. The number of fused-ring (bicyclic) bond motifs is 1. The van der Waals surface area contributed by atoms with Crippen molar-refractivity contribution in [2.45, 2.75) is 32.5 Å². The fourth-order valence-electron chi connectivity index (χ4n) is 4.70. The molecule has 216 valence electrons. The van der Waals surface area contributed by atoms with Crippen LogP contribution < -0.4 is 10.1 Å². The van der Waals surface area contributed by atoms with Crippen molar-refractivity contribution < 1.29 is 22.7 Å². The number of amides is 1. The quantitative estimate of drug-likeness (QED) is 0.197. The Labute approximate surface area is 246 Å². The molecule has 0 saturated heterocycles. The second kappa shape index (κ2) is 11.9. The van der Waals surface area contributed by atoms with Crippen molar-refractivity contribution >= 4 is 28.4 Å². The van der Waals surface area contributed by atoms with Crippen molar-refractivity contribution in [1.29, 1.82) is 0 Å². The van der Waals surface area contributed by atoms with Crippen LogP contribution in [0.3, 0.4) is 0 Å². The molecule has 10 heteroatoms. The SMILES string of the molecule is CCCNC(=O)c1ccc(C(C)n2nc(-c3cc(C(F)(F)F)ccc3Cl)cc2-c2cnc3cc(OC)ccc3c2)cc1. The van der Waals surface area contributed by atoms with Gasteiger partial charge in [-0.1, -0.05) is 30.7 Å². The summed E-state index contributed by atoms with van der Waals surface area (Å²) in [7, 11) is 1.58. The summed E-state index contributed by atoms with van der Waals surface area (Å²) in [6.07, 6.45) is -2.01. The maximum absolute atomic E-state index is 13.6. The smallest absolute Gasteiger partial charge is 0.416 e. The summed E-state index contributed by atoms with van der Waals surface area (Å²) in [6, 6.07) is 19.2. The van der Waals surface area contributed by atoms with E-state index in [1.165, 1.54) is 6.07 Å². The molecule has 3 aromatic carbocycles. The summed E-state index contributed by atoms with van der Waals surface area (Å²) < 4.78 is 47.7.